The molecular formula is C15H26N2O3. The largest absolute Gasteiger partial charge is 0.481 e. The van der Waals surface area contributed by atoms with E-state index >= 15 is 0 Å². The number of carboxylic acids is 1. The lowest BCUT2D eigenvalue weighted by molar-refractivity contribution is -0.142. The van der Waals surface area contributed by atoms with Crippen LogP contribution in [0.2, 0.25) is 0 Å². The zero-order valence-corrected chi connectivity index (χ0v) is 12.5. The maximum atomic E-state index is 12.3. The topological polar surface area (TPSA) is 69.6 Å². The van der Waals surface area contributed by atoms with Gasteiger partial charge in [0.15, 0.2) is 0 Å². The normalized spacial score (nSPS) is 28.3. The summed E-state index contributed by atoms with van der Waals surface area (Å²) in [6.07, 6.45) is 6.83. The van der Waals surface area contributed by atoms with Gasteiger partial charge in [0.2, 0.25) is 0 Å². The van der Waals surface area contributed by atoms with E-state index in [2.05, 4.69) is 12.2 Å². The third-order valence-electron chi connectivity index (χ3n) is 4.88. The molecule has 3 unspecified atom stereocenters. The maximum absolute atomic E-state index is 12.3. The second-order valence-electron chi connectivity index (χ2n) is 6.33. The molecule has 2 saturated carbocycles. The average molecular weight is 282 g/mol. The molecule has 2 N–H and O–H groups in total. The fraction of sp³-hybridized carbons (Fsp3) is 0.867. The van der Waals surface area contributed by atoms with Crippen LogP contribution in [0.3, 0.4) is 0 Å². The molecule has 0 aromatic rings. The summed E-state index contributed by atoms with van der Waals surface area (Å²) in [5.41, 5.74) is 0. The van der Waals surface area contributed by atoms with Crippen LogP contribution in [0, 0.1) is 11.8 Å². The lowest BCUT2D eigenvalue weighted by Crippen LogP contribution is -2.50. The van der Waals surface area contributed by atoms with Crippen LogP contribution < -0.4 is 5.32 Å². The van der Waals surface area contributed by atoms with Crippen LogP contribution in [-0.4, -0.2) is 41.1 Å². The first kappa shape index (κ1) is 15.1. The van der Waals surface area contributed by atoms with Crippen molar-refractivity contribution < 1.29 is 14.7 Å². The molecule has 2 rings (SSSR count). The second-order valence-corrected chi connectivity index (χ2v) is 6.33. The Labute approximate surface area is 120 Å². The molecule has 2 aliphatic rings. The molecule has 5 nitrogen and oxygen atoms in total. The molecule has 3 atom stereocenters. The van der Waals surface area contributed by atoms with Crippen molar-refractivity contribution in [3.8, 4) is 0 Å². The van der Waals surface area contributed by atoms with Gasteiger partial charge >= 0.3 is 12.0 Å². The van der Waals surface area contributed by atoms with Gasteiger partial charge in [-0.1, -0.05) is 19.3 Å². The average Bonchev–Trinajstić information content (AvgIpc) is 3.23. The molecule has 0 radical (unpaired) electrons. The number of urea groups is 1. The first-order valence-corrected chi connectivity index (χ1v) is 7.77. The molecule has 0 saturated heterocycles. The number of carbonyl (C=O) groups excluding carboxylic acids is 1. The zero-order valence-electron chi connectivity index (χ0n) is 12.5. The molecule has 20 heavy (non-hydrogen) atoms. The highest BCUT2D eigenvalue weighted by molar-refractivity contribution is 5.77. The van der Waals surface area contributed by atoms with Gasteiger partial charge in [-0.25, -0.2) is 4.79 Å². The minimum atomic E-state index is -0.782. The predicted octanol–water partition coefficient (Wildman–Crippen LogP) is 2.46. The van der Waals surface area contributed by atoms with Crippen LogP contribution in [0.4, 0.5) is 4.79 Å². The third kappa shape index (κ3) is 3.64. The molecule has 0 bridgehead atoms. The number of aliphatic carboxylic acids is 1. The van der Waals surface area contributed by atoms with Crippen molar-refractivity contribution in [1.82, 2.24) is 10.2 Å². The number of amides is 2. The van der Waals surface area contributed by atoms with Crippen LogP contribution in [0.25, 0.3) is 0 Å². The standard InChI is InChI=1S/C15H26N2O3/c1-10(11-8-9-11)17(2)15(20)16-13-7-5-3-4-6-12(13)14(18)19/h10-13H,3-9H2,1-2H3,(H,16,20)(H,18,19). The Morgan fingerprint density at radius 3 is 2.40 bits per heavy atom. The third-order valence-corrected chi connectivity index (χ3v) is 4.88. The summed E-state index contributed by atoms with van der Waals surface area (Å²) in [4.78, 5) is 25.4. The molecule has 2 fully saturated rings. The Morgan fingerprint density at radius 2 is 1.80 bits per heavy atom. The number of nitrogens with one attached hydrogen (secondary N) is 1. The minimum absolute atomic E-state index is 0.123. The second kappa shape index (κ2) is 6.46. The Hall–Kier alpha value is -1.26. The first-order chi connectivity index (χ1) is 9.50. The van der Waals surface area contributed by atoms with Crippen molar-refractivity contribution >= 4 is 12.0 Å². The number of nitrogens with zero attached hydrogens (tertiary/aromatic N) is 1. The lowest BCUT2D eigenvalue weighted by atomic mass is 9.95. The van der Waals surface area contributed by atoms with E-state index in [9.17, 15) is 14.7 Å². The van der Waals surface area contributed by atoms with Gasteiger partial charge in [-0.15, -0.1) is 0 Å². The van der Waals surface area contributed by atoms with Gasteiger partial charge in [0.1, 0.15) is 0 Å². The van der Waals surface area contributed by atoms with Gasteiger partial charge < -0.3 is 15.3 Å². The summed E-state index contributed by atoms with van der Waals surface area (Å²) in [5, 5.41) is 12.3. The molecule has 2 aliphatic carbocycles. The van der Waals surface area contributed by atoms with Crippen molar-refractivity contribution in [2.75, 3.05) is 7.05 Å². The van der Waals surface area contributed by atoms with E-state index < -0.39 is 11.9 Å². The molecule has 114 valence electrons. The summed E-state index contributed by atoms with van der Waals surface area (Å²) >= 11 is 0. The molecule has 2 amide bonds. The minimum Gasteiger partial charge on any atom is -0.481 e. The monoisotopic (exact) mass is 282 g/mol. The SMILES string of the molecule is CC(C1CC1)N(C)C(=O)NC1CCCCCC1C(=O)O. The van der Waals surface area contributed by atoms with Crippen molar-refractivity contribution in [3.63, 3.8) is 0 Å². The van der Waals surface area contributed by atoms with E-state index in [4.69, 9.17) is 0 Å². The summed E-state index contributed by atoms with van der Waals surface area (Å²) in [5.74, 6) is -0.601. The molecule has 0 aliphatic heterocycles. The predicted molar refractivity (Wildman–Crippen MR) is 76.5 cm³/mol. The van der Waals surface area contributed by atoms with E-state index in [-0.39, 0.29) is 18.1 Å². The molecule has 0 spiro atoms. The van der Waals surface area contributed by atoms with Crippen molar-refractivity contribution in [1.29, 1.82) is 0 Å². The van der Waals surface area contributed by atoms with E-state index in [1.807, 2.05) is 7.05 Å². The van der Waals surface area contributed by atoms with Crippen molar-refractivity contribution in [3.05, 3.63) is 0 Å². The molecule has 5 heteroatoms. The van der Waals surface area contributed by atoms with Crippen LogP contribution in [0.5, 0.6) is 0 Å². The van der Waals surface area contributed by atoms with Crippen LogP contribution in [-0.2, 0) is 4.79 Å². The van der Waals surface area contributed by atoms with Gasteiger partial charge in [-0.2, -0.15) is 0 Å². The van der Waals surface area contributed by atoms with Gasteiger partial charge in [-0.3, -0.25) is 4.79 Å². The van der Waals surface area contributed by atoms with E-state index in [1.165, 1.54) is 12.8 Å². The number of rotatable bonds is 4. The Balaban J connectivity index is 1.94. The summed E-state index contributed by atoms with van der Waals surface area (Å²) in [6, 6.07) is -0.108. The van der Waals surface area contributed by atoms with Crippen LogP contribution >= 0.6 is 0 Å². The quantitative estimate of drug-likeness (QED) is 0.778. The van der Waals surface area contributed by atoms with Crippen LogP contribution in [0.1, 0.15) is 51.9 Å². The zero-order chi connectivity index (χ0) is 14.7. The van der Waals surface area contributed by atoms with Gasteiger partial charge in [-0.05, 0) is 38.5 Å². The Bertz CT molecular complexity index is 368. The highest BCUT2D eigenvalue weighted by Crippen LogP contribution is 2.34. The number of hydrogen-bond acceptors (Lipinski definition) is 2. The fourth-order valence-corrected chi connectivity index (χ4v) is 3.12. The van der Waals surface area contributed by atoms with Crippen LogP contribution in [0.15, 0.2) is 0 Å². The highest BCUT2D eigenvalue weighted by atomic mass is 16.4. The van der Waals surface area contributed by atoms with Crippen molar-refractivity contribution in [2.45, 2.75) is 64.0 Å². The van der Waals surface area contributed by atoms with Crippen molar-refractivity contribution in [2.24, 2.45) is 11.8 Å². The van der Waals surface area contributed by atoms with E-state index in [1.54, 1.807) is 4.90 Å². The van der Waals surface area contributed by atoms with Gasteiger partial charge in [0, 0.05) is 19.1 Å². The summed E-state index contributed by atoms with van der Waals surface area (Å²) in [6.45, 7) is 2.07. The van der Waals surface area contributed by atoms with E-state index in [0.717, 1.165) is 25.7 Å². The van der Waals surface area contributed by atoms with Gasteiger partial charge in [0.25, 0.3) is 0 Å². The first-order valence-electron chi connectivity index (χ1n) is 7.77. The number of carboxylic acid groups (broad SMARTS) is 1. The highest BCUT2D eigenvalue weighted by Gasteiger charge is 2.35. The molecule has 0 aromatic carbocycles. The fourth-order valence-electron chi connectivity index (χ4n) is 3.12. The Morgan fingerprint density at radius 1 is 1.15 bits per heavy atom. The number of hydrogen-bond donors (Lipinski definition) is 2. The number of carbonyl (C=O) groups is 2. The summed E-state index contributed by atoms with van der Waals surface area (Å²) < 4.78 is 0. The smallest absolute Gasteiger partial charge is 0.317 e. The maximum Gasteiger partial charge on any atom is 0.317 e. The molecule has 0 heterocycles. The van der Waals surface area contributed by atoms with E-state index in [0.29, 0.717) is 12.3 Å². The van der Waals surface area contributed by atoms with Gasteiger partial charge in [0.05, 0.1) is 5.92 Å². The Kier molecular flexibility index (Phi) is 4.89. The molecule has 0 aromatic heterocycles. The lowest BCUT2D eigenvalue weighted by Gasteiger charge is -2.29. The summed E-state index contributed by atoms with van der Waals surface area (Å²) in [7, 11) is 1.81. The molecular weight excluding hydrogens is 256 g/mol.